The van der Waals surface area contributed by atoms with Gasteiger partial charge in [0, 0.05) is 22.6 Å². The van der Waals surface area contributed by atoms with Crippen LogP contribution in [0.3, 0.4) is 0 Å². The van der Waals surface area contributed by atoms with Crippen LogP contribution in [0.25, 0.3) is 5.69 Å². The van der Waals surface area contributed by atoms with Crippen molar-refractivity contribution in [2.24, 2.45) is 4.99 Å². The van der Waals surface area contributed by atoms with Crippen molar-refractivity contribution in [3.05, 3.63) is 76.3 Å². The van der Waals surface area contributed by atoms with Crippen LogP contribution in [0.5, 0.6) is 0 Å². The largest absolute Gasteiger partial charge is 0.463 e. The number of aryl methyl sites for hydroxylation is 1. The molecule has 1 aliphatic rings. The standard InChI is InChI=1S/C17H13ClN4.C15H30O4/c1-11-20-21-16-10-19-17(12-5-3-2-4-6-12)14-9-13(18)7-8-15(14)22(11)16;1-2-3-4-5-6-7-8-9-10-11-15(18)19-13-14(17)12-16/h2-9H,10H2,1H3;14,16-17H,2-13H2,1H3. The first-order chi connectivity index (χ1) is 19.9. The van der Waals surface area contributed by atoms with Crippen LogP contribution < -0.4 is 0 Å². The van der Waals surface area contributed by atoms with Crippen molar-refractivity contribution < 1.29 is 19.7 Å². The Morgan fingerprint density at radius 1 is 1.00 bits per heavy atom. The SMILES string of the molecule is CCCCCCCCCCCC(=O)OCC(O)CO.Cc1nnc2n1-c1ccc(Cl)cc1C(c1ccccc1)=NC2. The van der Waals surface area contributed by atoms with Crippen molar-refractivity contribution in [1.82, 2.24) is 14.8 Å². The molecule has 0 amide bonds. The molecule has 8 nitrogen and oxygen atoms in total. The zero-order valence-corrected chi connectivity index (χ0v) is 25.0. The molecule has 1 aliphatic heterocycles. The molecule has 2 aromatic carbocycles. The zero-order valence-electron chi connectivity index (χ0n) is 24.3. The summed E-state index contributed by atoms with van der Waals surface area (Å²) in [6.45, 7) is 4.19. The summed E-state index contributed by atoms with van der Waals surface area (Å²) in [5.41, 5.74) is 4.02. The zero-order chi connectivity index (χ0) is 29.5. The number of aromatic nitrogens is 3. The molecule has 1 unspecified atom stereocenters. The number of carbonyl (C=O) groups is 1. The Bertz CT molecular complexity index is 1250. The van der Waals surface area contributed by atoms with Crippen LogP contribution in [0.4, 0.5) is 0 Å². The Hall–Kier alpha value is -3.07. The number of fused-ring (bicyclic) bond motifs is 3. The lowest BCUT2D eigenvalue weighted by Crippen LogP contribution is -2.21. The topological polar surface area (TPSA) is 110 Å². The Morgan fingerprint density at radius 3 is 2.37 bits per heavy atom. The number of aliphatic hydroxyl groups is 2. The van der Waals surface area contributed by atoms with E-state index in [1.807, 2.05) is 47.9 Å². The minimum Gasteiger partial charge on any atom is -0.463 e. The highest BCUT2D eigenvalue weighted by atomic mass is 35.5. The third-order valence-electron chi connectivity index (χ3n) is 6.90. The van der Waals surface area contributed by atoms with E-state index in [9.17, 15) is 4.79 Å². The molecule has 9 heteroatoms. The first kappa shape index (κ1) is 32.4. The lowest BCUT2D eigenvalue weighted by atomic mass is 10.0. The van der Waals surface area contributed by atoms with Crippen molar-refractivity contribution in [2.45, 2.75) is 90.7 Å². The van der Waals surface area contributed by atoms with Gasteiger partial charge < -0.3 is 14.9 Å². The second kappa shape index (κ2) is 17.7. The van der Waals surface area contributed by atoms with Gasteiger partial charge in [-0.15, -0.1) is 10.2 Å². The first-order valence-corrected chi connectivity index (χ1v) is 15.1. The number of carbonyl (C=O) groups excluding carboxylic acids is 1. The fraction of sp³-hybridized carbons (Fsp3) is 0.500. The summed E-state index contributed by atoms with van der Waals surface area (Å²) < 4.78 is 6.86. The maximum Gasteiger partial charge on any atom is 0.305 e. The number of rotatable bonds is 14. The molecule has 222 valence electrons. The molecule has 0 saturated heterocycles. The minimum atomic E-state index is -0.952. The molecule has 4 rings (SSSR count). The molecule has 0 bridgehead atoms. The molecule has 2 N–H and O–H groups in total. The van der Waals surface area contributed by atoms with E-state index in [1.54, 1.807) is 0 Å². The van der Waals surface area contributed by atoms with E-state index in [1.165, 1.54) is 44.9 Å². The second-order valence-corrected chi connectivity index (χ2v) is 10.7. The van der Waals surface area contributed by atoms with E-state index < -0.39 is 6.10 Å². The van der Waals surface area contributed by atoms with E-state index in [2.05, 4.69) is 29.3 Å². The van der Waals surface area contributed by atoms with Crippen molar-refractivity contribution >= 4 is 23.3 Å². The summed E-state index contributed by atoms with van der Waals surface area (Å²) in [6.07, 6.45) is 10.4. The Balaban J connectivity index is 0.000000229. The van der Waals surface area contributed by atoms with Gasteiger partial charge in [0.05, 0.1) is 18.0 Å². The quantitative estimate of drug-likeness (QED) is 0.168. The number of aliphatic imine (C=N–C) groups is 1. The predicted octanol–water partition coefficient (Wildman–Crippen LogP) is 6.38. The molecule has 1 atom stereocenters. The summed E-state index contributed by atoms with van der Waals surface area (Å²) in [4.78, 5) is 16.0. The number of aliphatic hydroxyl groups excluding tert-OH is 2. The number of hydrogen-bond donors (Lipinski definition) is 2. The Labute approximate surface area is 248 Å². The molecule has 0 fully saturated rings. The predicted molar refractivity (Wildman–Crippen MR) is 163 cm³/mol. The third kappa shape index (κ3) is 10.4. The molecule has 0 spiro atoms. The molecule has 0 radical (unpaired) electrons. The molecule has 3 aromatic rings. The average Bonchev–Trinajstić information content (AvgIpc) is 3.27. The van der Waals surface area contributed by atoms with Crippen LogP contribution in [-0.4, -0.2) is 56.0 Å². The summed E-state index contributed by atoms with van der Waals surface area (Å²) in [6, 6.07) is 16.0. The lowest BCUT2D eigenvalue weighted by molar-refractivity contribution is -0.147. The number of nitrogens with zero attached hydrogens (tertiary/aromatic N) is 4. The van der Waals surface area contributed by atoms with Crippen molar-refractivity contribution in [3.63, 3.8) is 0 Å². The van der Waals surface area contributed by atoms with Crippen molar-refractivity contribution in [1.29, 1.82) is 0 Å². The van der Waals surface area contributed by atoms with E-state index in [-0.39, 0.29) is 19.2 Å². The first-order valence-electron chi connectivity index (χ1n) is 14.7. The highest BCUT2D eigenvalue weighted by Crippen LogP contribution is 2.28. The fourth-order valence-electron chi connectivity index (χ4n) is 4.69. The normalized spacial score (nSPS) is 12.8. The number of hydrogen-bond acceptors (Lipinski definition) is 7. The highest BCUT2D eigenvalue weighted by molar-refractivity contribution is 6.31. The number of esters is 1. The van der Waals surface area contributed by atoms with Gasteiger partial charge in [0.25, 0.3) is 0 Å². The smallest absolute Gasteiger partial charge is 0.305 e. The van der Waals surface area contributed by atoms with Gasteiger partial charge >= 0.3 is 5.97 Å². The second-order valence-electron chi connectivity index (χ2n) is 10.3. The van der Waals surface area contributed by atoms with Gasteiger partial charge in [0.15, 0.2) is 5.82 Å². The van der Waals surface area contributed by atoms with Crippen LogP contribution >= 0.6 is 11.6 Å². The molecule has 0 saturated carbocycles. The summed E-state index contributed by atoms with van der Waals surface area (Å²) in [7, 11) is 0. The van der Waals surface area contributed by atoms with Crippen LogP contribution in [0, 0.1) is 6.92 Å². The maximum atomic E-state index is 11.3. The minimum absolute atomic E-state index is 0.104. The van der Waals surface area contributed by atoms with Gasteiger partial charge in [-0.3, -0.25) is 14.4 Å². The van der Waals surface area contributed by atoms with E-state index >= 15 is 0 Å². The van der Waals surface area contributed by atoms with Gasteiger partial charge in [-0.1, -0.05) is 100 Å². The van der Waals surface area contributed by atoms with Crippen LogP contribution in [0.1, 0.15) is 93.9 Å². The molecule has 41 heavy (non-hydrogen) atoms. The summed E-state index contributed by atoms with van der Waals surface area (Å²) in [5.74, 6) is 1.41. The number of unbranched alkanes of at least 4 members (excludes halogenated alkanes) is 8. The van der Waals surface area contributed by atoms with Gasteiger partial charge in [0.2, 0.25) is 0 Å². The maximum absolute atomic E-state index is 11.3. The van der Waals surface area contributed by atoms with Gasteiger partial charge in [-0.05, 0) is 31.5 Å². The summed E-state index contributed by atoms with van der Waals surface area (Å²) in [5, 5.41) is 26.7. The molecule has 0 aliphatic carbocycles. The number of halogens is 1. The lowest BCUT2D eigenvalue weighted by Gasteiger charge is -2.12. The van der Waals surface area contributed by atoms with Crippen LogP contribution in [0.15, 0.2) is 53.5 Å². The number of ether oxygens (including phenoxy) is 1. The molecular weight excluding hydrogens is 540 g/mol. The van der Waals surface area contributed by atoms with Gasteiger partial charge in [-0.25, -0.2) is 0 Å². The molecule has 2 heterocycles. The van der Waals surface area contributed by atoms with E-state index in [0.29, 0.717) is 18.0 Å². The van der Waals surface area contributed by atoms with Crippen molar-refractivity contribution in [2.75, 3.05) is 13.2 Å². The Kier molecular flexibility index (Phi) is 14.0. The summed E-state index contributed by atoms with van der Waals surface area (Å²) >= 11 is 6.23. The van der Waals surface area contributed by atoms with E-state index in [4.69, 9.17) is 31.5 Å². The number of benzene rings is 2. The van der Waals surface area contributed by atoms with E-state index in [0.717, 1.165) is 47.0 Å². The fourth-order valence-corrected chi connectivity index (χ4v) is 4.86. The van der Waals surface area contributed by atoms with Crippen LogP contribution in [0.2, 0.25) is 5.02 Å². The van der Waals surface area contributed by atoms with Gasteiger partial charge in [-0.2, -0.15) is 0 Å². The van der Waals surface area contributed by atoms with Crippen LogP contribution in [-0.2, 0) is 16.1 Å². The average molecular weight is 583 g/mol. The van der Waals surface area contributed by atoms with Crippen molar-refractivity contribution in [3.8, 4) is 5.69 Å². The van der Waals surface area contributed by atoms with Gasteiger partial charge in [0.1, 0.15) is 25.1 Å². The highest BCUT2D eigenvalue weighted by Gasteiger charge is 2.21. The monoisotopic (exact) mass is 582 g/mol. The third-order valence-corrected chi connectivity index (χ3v) is 7.14. The molecule has 1 aromatic heterocycles. The molecular formula is C32H43ClN4O4. The Morgan fingerprint density at radius 2 is 1.68 bits per heavy atom.